The molecule has 0 bridgehead atoms. The van der Waals surface area contributed by atoms with Gasteiger partial charge in [-0.1, -0.05) is 11.3 Å². The third-order valence-electron chi connectivity index (χ3n) is 3.36. The van der Waals surface area contributed by atoms with Crippen LogP contribution in [0.25, 0.3) is 10.6 Å². The summed E-state index contributed by atoms with van der Waals surface area (Å²) in [5.41, 5.74) is 3.13. The van der Waals surface area contributed by atoms with E-state index in [9.17, 15) is 4.79 Å². The Morgan fingerprint density at radius 1 is 1.39 bits per heavy atom. The highest BCUT2D eigenvalue weighted by Crippen LogP contribution is 2.28. The molecule has 1 aliphatic rings. The van der Waals surface area contributed by atoms with Crippen molar-refractivity contribution in [2.24, 2.45) is 7.05 Å². The Morgan fingerprint density at radius 2 is 2.22 bits per heavy atom. The normalized spacial score (nSPS) is 13.7. The summed E-state index contributed by atoms with van der Waals surface area (Å²) in [6, 6.07) is 1.99. The maximum atomic E-state index is 12.3. The number of nitrogens with one attached hydrogen (secondary N) is 1. The minimum Gasteiger partial charge on any atom is -0.363 e. The van der Waals surface area contributed by atoms with Gasteiger partial charge in [-0.05, 0) is 30.9 Å². The van der Waals surface area contributed by atoms with Gasteiger partial charge >= 0.3 is 0 Å². The van der Waals surface area contributed by atoms with Gasteiger partial charge < -0.3 is 9.88 Å². The molecule has 0 spiro atoms. The van der Waals surface area contributed by atoms with Crippen LogP contribution in [0.15, 0.2) is 10.9 Å². The van der Waals surface area contributed by atoms with Crippen LogP contribution in [0.3, 0.4) is 0 Å². The first-order valence-corrected chi connectivity index (χ1v) is 6.75. The zero-order valence-electron chi connectivity index (χ0n) is 10.4. The average Bonchev–Trinajstić information content (AvgIpc) is 3.01. The number of anilines is 1. The van der Waals surface area contributed by atoms with Crippen molar-refractivity contribution in [1.82, 2.24) is 14.8 Å². The lowest BCUT2D eigenvalue weighted by Crippen LogP contribution is -2.22. The number of pyridine rings is 1. The topological polar surface area (TPSA) is 59.8 Å². The lowest BCUT2D eigenvalue weighted by molar-refractivity contribution is 0.780. The molecule has 5 nitrogen and oxygen atoms in total. The Morgan fingerprint density at radius 3 is 2.94 bits per heavy atom. The van der Waals surface area contributed by atoms with Crippen molar-refractivity contribution in [2.45, 2.75) is 19.3 Å². The standard InChI is InChI=1S/C12H14N4OS/c1-13-12-15-14-10(18-12)8-6-7-4-3-5-9(7)16(2)11(8)17/h6H,3-5H2,1-2H3,(H,13,15). The number of hydrogen-bond donors (Lipinski definition) is 1. The SMILES string of the molecule is CNc1nnc(-c2cc3c(n(C)c2=O)CCC3)s1. The molecule has 3 rings (SSSR count). The smallest absolute Gasteiger partial charge is 0.260 e. The maximum Gasteiger partial charge on any atom is 0.260 e. The Labute approximate surface area is 108 Å². The van der Waals surface area contributed by atoms with Crippen LogP contribution in [0, 0.1) is 0 Å². The van der Waals surface area contributed by atoms with E-state index < -0.39 is 0 Å². The van der Waals surface area contributed by atoms with Crippen LogP contribution < -0.4 is 10.9 Å². The second kappa shape index (κ2) is 4.20. The van der Waals surface area contributed by atoms with Crippen molar-refractivity contribution in [3.63, 3.8) is 0 Å². The van der Waals surface area contributed by atoms with Crippen LogP contribution in [-0.2, 0) is 19.9 Å². The zero-order valence-corrected chi connectivity index (χ0v) is 11.2. The first-order chi connectivity index (χ1) is 8.70. The molecule has 0 radical (unpaired) electrons. The lowest BCUT2D eigenvalue weighted by Gasteiger charge is -2.08. The van der Waals surface area contributed by atoms with Crippen LogP contribution in [0.2, 0.25) is 0 Å². The predicted octanol–water partition coefficient (Wildman–Crippen LogP) is 1.43. The second-order valence-corrected chi connectivity index (χ2v) is 5.39. The zero-order chi connectivity index (χ0) is 12.7. The summed E-state index contributed by atoms with van der Waals surface area (Å²) in [6.07, 6.45) is 3.18. The molecule has 0 amide bonds. The van der Waals surface area contributed by atoms with Gasteiger partial charge in [0.1, 0.15) is 0 Å². The van der Waals surface area contributed by atoms with E-state index in [1.807, 2.05) is 13.1 Å². The van der Waals surface area contributed by atoms with Gasteiger partial charge in [-0.3, -0.25) is 4.79 Å². The first-order valence-electron chi connectivity index (χ1n) is 5.94. The molecular formula is C12H14N4OS. The monoisotopic (exact) mass is 262 g/mol. The van der Waals surface area contributed by atoms with Crippen molar-refractivity contribution in [3.8, 4) is 10.6 Å². The summed E-state index contributed by atoms with van der Waals surface area (Å²) in [4.78, 5) is 12.3. The second-order valence-electron chi connectivity index (χ2n) is 4.41. The molecule has 2 heterocycles. The number of nitrogens with zero attached hydrogens (tertiary/aromatic N) is 3. The van der Waals surface area contributed by atoms with E-state index in [4.69, 9.17) is 0 Å². The minimum absolute atomic E-state index is 0.0226. The van der Waals surface area contributed by atoms with Gasteiger partial charge in [-0.15, -0.1) is 10.2 Å². The van der Waals surface area contributed by atoms with Gasteiger partial charge in [0, 0.05) is 19.8 Å². The van der Waals surface area contributed by atoms with Crippen LogP contribution in [0.1, 0.15) is 17.7 Å². The number of fused-ring (bicyclic) bond motifs is 1. The molecule has 2 aromatic heterocycles. The van der Waals surface area contributed by atoms with Crippen LogP contribution in [0.5, 0.6) is 0 Å². The quantitative estimate of drug-likeness (QED) is 0.889. The summed E-state index contributed by atoms with van der Waals surface area (Å²) in [7, 11) is 3.64. The molecule has 0 aliphatic heterocycles. The van der Waals surface area contributed by atoms with E-state index in [-0.39, 0.29) is 5.56 Å². The molecule has 0 unspecified atom stereocenters. The van der Waals surface area contributed by atoms with E-state index in [1.54, 1.807) is 11.6 Å². The van der Waals surface area contributed by atoms with E-state index in [0.29, 0.717) is 10.6 Å². The van der Waals surface area contributed by atoms with Crippen molar-refractivity contribution in [3.05, 3.63) is 27.7 Å². The van der Waals surface area contributed by atoms with Gasteiger partial charge in [0.05, 0.1) is 5.56 Å². The number of hydrogen-bond acceptors (Lipinski definition) is 5. The molecule has 0 aromatic carbocycles. The molecule has 0 atom stereocenters. The van der Waals surface area contributed by atoms with Crippen molar-refractivity contribution in [1.29, 1.82) is 0 Å². The lowest BCUT2D eigenvalue weighted by atomic mass is 10.1. The molecule has 6 heteroatoms. The highest BCUT2D eigenvalue weighted by Gasteiger charge is 2.19. The first kappa shape index (κ1) is 11.4. The summed E-state index contributed by atoms with van der Waals surface area (Å²) in [6.45, 7) is 0. The molecule has 18 heavy (non-hydrogen) atoms. The van der Waals surface area contributed by atoms with Crippen molar-refractivity contribution < 1.29 is 0 Å². The fourth-order valence-corrected chi connectivity index (χ4v) is 3.12. The summed E-state index contributed by atoms with van der Waals surface area (Å²) in [5.74, 6) is 0. The van der Waals surface area contributed by atoms with E-state index >= 15 is 0 Å². The minimum atomic E-state index is 0.0226. The van der Waals surface area contributed by atoms with Crippen LogP contribution in [-0.4, -0.2) is 21.8 Å². The van der Waals surface area contributed by atoms with Crippen LogP contribution >= 0.6 is 11.3 Å². The molecule has 2 aromatic rings. The average molecular weight is 262 g/mol. The summed E-state index contributed by atoms with van der Waals surface area (Å²) >= 11 is 1.41. The Bertz CT molecular complexity index is 659. The summed E-state index contributed by atoms with van der Waals surface area (Å²) < 4.78 is 1.76. The fraction of sp³-hybridized carbons (Fsp3) is 0.417. The van der Waals surface area contributed by atoms with Crippen LogP contribution in [0.4, 0.5) is 5.13 Å². The van der Waals surface area contributed by atoms with Crippen molar-refractivity contribution in [2.75, 3.05) is 12.4 Å². The maximum absolute atomic E-state index is 12.3. The Hall–Kier alpha value is -1.69. The fourth-order valence-electron chi connectivity index (χ4n) is 2.42. The van der Waals surface area contributed by atoms with Gasteiger partial charge in [-0.25, -0.2) is 0 Å². The molecule has 0 fully saturated rings. The largest absolute Gasteiger partial charge is 0.363 e. The van der Waals surface area contributed by atoms with Gasteiger partial charge in [-0.2, -0.15) is 0 Å². The van der Waals surface area contributed by atoms with Gasteiger partial charge in [0.15, 0.2) is 5.01 Å². The van der Waals surface area contributed by atoms with Crippen molar-refractivity contribution >= 4 is 16.5 Å². The molecule has 94 valence electrons. The molecule has 0 saturated carbocycles. The van der Waals surface area contributed by atoms with E-state index in [1.165, 1.54) is 22.6 Å². The Balaban J connectivity index is 2.18. The molecular weight excluding hydrogens is 248 g/mol. The van der Waals surface area contributed by atoms with E-state index in [0.717, 1.165) is 24.4 Å². The summed E-state index contributed by atoms with van der Waals surface area (Å²) in [5, 5.41) is 12.4. The number of rotatable bonds is 2. The highest BCUT2D eigenvalue weighted by atomic mass is 32.1. The Kier molecular flexibility index (Phi) is 2.66. The third-order valence-corrected chi connectivity index (χ3v) is 4.33. The highest BCUT2D eigenvalue weighted by molar-refractivity contribution is 7.18. The molecule has 1 aliphatic carbocycles. The van der Waals surface area contributed by atoms with Gasteiger partial charge in [0.2, 0.25) is 5.13 Å². The molecule has 1 N–H and O–H groups in total. The molecule has 0 saturated heterocycles. The number of aromatic nitrogens is 3. The van der Waals surface area contributed by atoms with Gasteiger partial charge in [0.25, 0.3) is 5.56 Å². The predicted molar refractivity (Wildman–Crippen MR) is 72.2 cm³/mol. The van der Waals surface area contributed by atoms with E-state index in [2.05, 4.69) is 15.5 Å². The third kappa shape index (κ3) is 1.64. The number of aryl methyl sites for hydroxylation is 1.